The van der Waals surface area contributed by atoms with E-state index in [2.05, 4.69) is 4.99 Å². The average Bonchev–Trinajstić information content (AvgIpc) is 3.30. The number of aliphatic imine (C=N–C) groups is 1. The fourth-order valence-electron chi connectivity index (χ4n) is 4.33. The molecule has 1 fully saturated rings. The second kappa shape index (κ2) is 12.1. The maximum atomic E-state index is 14.1. The first-order chi connectivity index (χ1) is 20.0. The van der Waals surface area contributed by atoms with E-state index in [1.165, 1.54) is 23.6 Å². The molecule has 1 amide bonds. The minimum Gasteiger partial charge on any atom is -0.455 e. The number of carbonyl (C=O) groups is 2. The third kappa shape index (κ3) is 6.89. The first-order valence-corrected chi connectivity index (χ1v) is 15.7. The zero-order valence-corrected chi connectivity index (χ0v) is 25.3. The number of phosphoric acid groups is 1. The molecule has 3 aromatic carbocycles. The molecule has 218 valence electrons. The van der Waals surface area contributed by atoms with Gasteiger partial charge in [-0.25, -0.2) is 4.79 Å². The number of hydrogen-bond donors (Lipinski definition) is 0. The van der Waals surface area contributed by atoms with Crippen molar-refractivity contribution in [1.29, 1.82) is 0 Å². The van der Waals surface area contributed by atoms with Crippen molar-refractivity contribution in [2.45, 2.75) is 51.1 Å². The van der Waals surface area contributed by atoms with Crippen LogP contribution in [-0.2, 0) is 29.8 Å². The van der Waals surface area contributed by atoms with Crippen LogP contribution in [0.2, 0.25) is 0 Å². The van der Waals surface area contributed by atoms with Crippen LogP contribution < -0.4 is 9.05 Å². The van der Waals surface area contributed by atoms with Gasteiger partial charge >= 0.3 is 13.8 Å². The summed E-state index contributed by atoms with van der Waals surface area (Å²) >= 11 is 1.40. The summed E-state index contributed by atoms with van der Waals surface area (Å²) in [6.07, 6.45) is 0.561. The molecule has 0 aliphatic carbocycles. The molecule has 3 aromatic rings. The average molecular weight is 607 g/mol. The molecule has 0 spiro atoms. The Balaban J connectivity index is 1.46. The van der Waals surface area contributed by atoms with Gasteiger partial charge in [-0.05, 0) is 57.5 Å². The lowest BCUT2D eigenvalue weighted by atomic mass is 10.1. The standard InChI is InChI=1S/C31H31N2O7PS/c1-21(38-41(36,39-23-16-10-6-11-17-23)40-24-18-12-7-13-19-24)27(30(35)37-31(2,3)4)33-28(34)26-29(33)42-25(32-26)20-22-14-8-5-9-15-22/h5-19,26,29H,20H2,1-4H3. The lowest BCUT2D eigenvalue weighted by Crippen LogP contribution is -2.61. The van der Waals surface area contributed by atoms with Crippen molar-refractivity contribution in [1.82, 2.24) is 4.90 Å². The van der Waals surface area contributed by atoms with Gasteiger partial charge in [-0.2, -0.15) is 4.57 Å². The molecule has 5 rings (SSSR count). The van der Waals surface area contributed by atoms with E-state index >= 15 is 0 Å². The number of para-hydroxylation sites is 2. The lowest BCUT2D eigenvalue weighted by Gasteiger charge is -2.42. The van der Waals surface area contributed by atoms with Crippen molar-refractivity contribution in [3.05, 3.63) is 108 Å². The Bertz CT molecular complexity index is 1510. The van der Waals surface area contributed by atoms with Crippen LogP contribution in [0.1, 0.15) is 33.3 Å². The fraction of sp³-hybridized carbons (Fsp3) is 0.258. The first-order valence-electron chi connectivity index (χ1n) is 13.3. The second-order valence-electron chi connectivity index (χ2n) is 10.6. The van der Waals surface area contributed by atoms with E-state index in [0.29, 0.717) is 6.42 Å². The highest BCUT2D eigenvalue weighted by atomic mass is 32.2. The molecule has 11 heteroatoms. The molecule has 2 unspecified atom stereocenters. The predicted molar refractivity (Wildman–Crippen MR) is 161 cm³/mol. The quantitative estimate of drug-likeness (QED) is 0.0819. The topological polar surface area (TPSA) is 104 Å². The zero-order chi connectivity index (χ0) is 29.9. The van der Waals surface area contributed by atoms with Gasteiger partial charge in [0.2, 0.25) is 0 Å². The number of nitrogens with zero attached hydrogens (tertiary/aromatic N) is 2. The third-order valence-corrected chi connectivity index (χ3v) is 8.69. The number of fused-ring (bicyclic) bond motifs is 1. The largest absolute Gasteiger partial charge is 0.646 e. The van der Waals surface area contributed by atoms with Gasteiger partial charge in [0.25, 0.3) is 5.91 Å². The zero-order valence-electron chi connectivity index (χ0n) is 23.6. The Morgan fingerprint density at radius 3 is 1.95 bits per heavy atom. The van der Waals surface area contributed by atoms with Gasteiger partial charge in [-0.3, -0.25) is 14.7 Å². The van der Waals surface area contributed by atoms with E-state index in [9.17, 15) is 14.2 Å². The highest BCUT2D eigenvalue weighted by molar-refractivity contribution is 8.14. The number of benzene rings is 3. The fourth-order valence-corrected chi connectivity index (χ4v) is 6.95. The van der Waals surface area contributed by atoms with Gasteiger partial charge in [0, 0.05) is 6.42 Å². The monoisotopic (exact) mass is 606 g/mol. The number of allylic oxidation sites excluding steroid dienone is 1. The van der Waals surface area contributed by atoms with Crippen molar-refractivity contribution >= 4 is 36.5 Å². The van der Waals surface area contributed by atoms with Crippen LogP contribution in [0.15, 0.2) is 107 Å². The van der Waals surface area contributed by atoms with Crippen LogP contribution in [0.25, 0.3) is 0 Å². The molecule has 0 bridgehead atoms. The van der Waals surface area contributed by atoms with Crippen molar-refractivity contribution in [3.63, 3.8) is 0 Å². The van der Waals surface area contributed by atoms with Gasteiger partial charge in [0.1, 0.15) is 28.2 Å². The summed E-state index contributed by atoms with van der Waals surface area (Å²) in [6, 6.07) is 25.9. The van der Waals surface area contributed by atoms with Gasteiger partial charge in [-0.1, -0.05) is 78.5 Å². The van der Waals surface area contributed by atoms with E-state index in [0.717, 1.165) is 10.6 Å². The maximum absolute atomic E-state index is 14.1. The highest BCUT2D eigenvalue weighted by Crippen LogP contribution is 2.52. The number of hydrogen-bond acceptors (Lipinski definition) is 9. The smallest absolute Gasteiger partial charge is 0.455 e. The summed E-state index contributed by atoms with van der Waals surface area (Å²) in [7, 11) is -4.43. The number of phosphoric ester groups is 1. The molecule has 2 aliphatic rings. The molecule has 0 N–H and O–H groups in total. The summed E-state index contributed by atoms with van der Waals surface area (Å²) in [4.78, 5) is 32.9. The van der Waals surface area contributed by atoms with Crippen molar-refractivity contribution < 1.29 is 32.5 Å². The number of carbonyl (C=O) groups excluding carboxylic acids is 2. The molecule has 2 heterocycles. The van der Waals surface area contributed by atoms with Crippen LogP contribution in [0.3, 0.4) is 0 Å². The molecule has 2 atom stereocenters. The minimum atomic E-state index is -4.43. The summed E-state index contributed by atoms with van der Waals surface area (Å²) in [5, 5.41) is 0.293. The van der Waals surface area contributed by atoms with E-state index in [1.807, 2.05) is 30.3 Å². The van der Waals surface area contributed by atoms with Gasteiger partial charge in [0.15, 0.2) is 11.7 Å². The Labute approximate surface area is 249 Å². The predicted octanol–water partition coefficient (Wildman–Crippen LogP) is 6.77. The molecule has 0 saturated carbocycles. The normalized spacial score (nSPS) is 18.7. The van der Waals surface area contributed by atoms with E-state index in [1.54, 1.807) is 81.4 Å². The number of amides is 1. The molecular formula is C31H31N2O7PS. The van der Waals surface area contributed by atoms with Crippen LogP contribution in [0.5, 0.6) is 11.5 Å². The minimum absolute atomic E-state index is 0.150. The van der Waals surface area contributed by atoms with Crippen molar-refractivity contribution in [2.24, 2.45) is 4.99 Å². The molecular weight excluding hydrogens is 575 g/mol. The molecule has 0 radical (unpaired) electrons. The third-order valence-electron chi connectivity index (χ3n) is 6.09. The molecule has 0 aromatic heterocycles. The van der Waals surface area contributed by atoms with Crippen LogP contribution >= 0.6 is 19.6 Å². The number of thioether (sulfide) groups is 1. The molecule has 42 heavy (non-hydrogen) atoms. The van der Waals surface area contributed by atoms with Crippen LogP contribution in [0.4, 0.5) is 0 Å². The second-order valence-corrected chi connectivity index (χ2v) is 13.2. The van der Waals surface area contributed by atoms with Gasteiger partial charge in [0.05, 0.1) is 5.04 Å². The SMILES string of the molecule is CC(OP(=O)(Oc1ccccc1)Oc1ccccc1)=C(C(=O)OC(C)(C)C)N1C(=O)C2N=C(Cc3ccccc3)SC21. The van der Waals surface area contributed by atoms with E-state index in [-0.39, 0.29) is 28.9 Å². The Morgan fingerprint density at radius 1 is 0.905 bits per heavy atom. The number of ether oxygens (including phenoxy) is 1. The lowest BCUT2D eigenvalue weighted by molar-refractivity contribution is -0.158. The van der Waals surface area contributed by atoms with E-state index in [4.69, 9.17) is 18.3 Å². The van der Waals surface area contributed by atoms with Crippen molar-refractivity contribution in [3.8, 4) is 11.5 Å². The summed E-state index contributed by atoms with van der Waals surface area (Å²) in [6.45, 7) is 6.58. The summed E-state index contributed by atoms with van der Waals surface area (Å²) in [5.74, 6) is -0.886. The Morgan fingerprint density at radius 2 is 1.43 bits per heavy atom. The highest BCUT2D eigenvalue weighted by Gasteiger charge is 2.56. The number of esters is 1. The number of rotatable bonds is 10. The van der Waals surface area contributed by atoms with Gasteiger partial charge in [-0.15, -0.1) is 0 Å². The molecule has 2 aliphatic heterocycles. The molecule has 1 saturated heterocycles. The first kappa shape index (κ1) is 29.5. The maximum Gasteiger partial charge on any atom is 0.646 e. The van der Waals surface area contributed by atoms with Crippen LogP contribution in [-0.4, -0.2) is 38.8 Å². The van der Waals surface area contributed by atoms with Gasteiger partial charge < -0.3 is 18.3 Å². The molecule has 9 nitrogen and oxygen atoms in total. The number of β-lactam (4-membered cyclic amide) rings is 1. The summed E-state index contributed by atoms with van der Waals surface area (Å²) < 4.78 is 37.1. The summed E-state index contributed by atoms with van der Waals surface area (Å²) in [5.41, 5.74) is -0.00435. The van der Waals surface area contributed by atoms with Crippen molar-refractivity contribution in [2.75, 3.05) is 0 Å². The van der Waals surface area contributed by atoms with Crippen LogP contribution in [0, 0.1) is 0 Å². The van der Waals surface area contributed by atoms with E-state index < -0.39 is 30.8 Å². The Hall–Kier alpha value is -4.01. The Kier molecular flexibility index (Phi) is 8.48. The number of likely N-dealkylation sites (tertiary alicyclic amines) is 1.